The maximum Gasteiger partial charge on any atom is 0.254 e. The van der Waals surface area contributed by atoms with Crippen molar-refractivity contribution in [2.24, 2.45) is 11.8 Å². The Morgan fingerprint density at radius 3 is 2.29 bits per heavy atom. The number of carbonyl (C=O) groups is 2. The molecule has 2 aliphatic rings. The Bertz CT molecular complexity index is 1130. The van der Waals surface area contributed by atoms with Crippen LogP contribution in [0.2, 0.25) is 0 Å². The van der Waals surface area contributed by atoms with E-state index in [9.17, 15) is 9.59 Å². The van der Waals surface area contributed by atoms with Gasteiger partial charge >= 0.3 is 0 Å². The number of hydrogen-bond donors (Lipinski definition) is 1. The topological polar surface area (TPSA) is 71.1 Å². The van der Waals surface area contributed by atoms with Gasteiger partial charge in [-0.15, -0.1) is 11.8 Å². The molecule has 2 aliphatic heterocycles. The Balaban J connectivity index is 1.60. The van der Waals surface area contributed by atoms with E-state index >= 15 is 0 Å². The third-order valence-electron chi connectivity index (χ3n) is 7.81. The van der Waals surface area contributed by atoms with Crippen molar-refractivity contribution >= 4 is 23.6 Å². The predicted octanol–water partition coefficient (Wildman–Crippen LogP) is 4.82. The van der Waals surface area contributed by atoms with Crippen LogP contribution >= 0.6 is 11.8 Å². The van der Waals surface area contributed by atoms with Crippen LogP contribution < -0.4 is 14.8 Å². The predicted molar refractivity (Wildman–Crippen MR) is 152 cm³/mol. The van der Waals surface area contributed by atoms with Crippen molar-refractivity contribution in [1.82, 2.24) is 15.1 Å². The summed E-state index contributed by atoms with van der Waals surface area (Å²) in [4.78, 5) is 32.8. The molecular weight excluding hydrogens is 498 g/mol. The van der Waals surface area contributed by atoms with Gasteiger partial charge in [0, 0.05) is 37.1 Å². The molecule has 4 atom stereocenters. The molecule has 0 radical (unpaired) electrons. The summed E-state index contributed by atoms with van der Waals surface area (Å²) in [6.07, 6.45) is 4.20. The van der Waals surface area contributed by atoms with E-state index in [1.54, 1.807) is 50.1 Å². The standard InChI is InChI=1S/C30H41N3O4S/c1-19-14-20(2)18-33(17-19)13-7-12-31-29(34)27-23-15-25(36-4)26(37-5)16-24(23)30(35)32(3)28(27)21-8-10-22(38-6)11-9-21/h8-11,15-16,19-20,27-28H,7,12-14,17-18H2,1-6H3,(H,31,34)/t19-,20-,27+,28+/m1/s1. The summed E-state index contributed by atoms with van der Waals surface area (Å²) in [6, 6.07) is 11.2. The van der Waals surface area contributed by atoms with Crippen LogP contribution in [0.4, 0.5) is 0 Å². The number of nitrogens with one attached hydrogen (secondary N) is 1. The summed E-state index contributed by atoms with van der Waals surface area (Å²) in [5.41, 5.74) is 2.06. The maximum absolute atomic E-state index is 13.9. The summed E-state index contributed by atoms with van der Waals surface area (Å²) in [6.45, 7) is 8.44. The number of rotatable bonds is 9. The van der Waals surface area contributed by atoms with E-state index in [1.165, 1.54) is 6.42 Å². The van der Waals surface area contributed by atoms with E-state index in [-0.39, 0.29) is 11.8 Å². The smallest absolute Gasteiger partial charge is 0.254 e. The van der Waals surface area contributed by atoms with E-state index < -0.39 is 12.0 Å². The van der Waals surface area contributed by atoms with Crippen molar-refractivity contribution in [2.45, 2.75) is 43.5 Å². The zero-order valence-electron chi connectivity index (χ0n) is 23.5. The monoisotopic (exact) mass is 539 g/mol. The average Bonchev–Trinajstić information content (AvgIpc) is 2.91. The molecule has 0 aliphatic carbocycles. The summed E-state index contributed by atoms with van der Waals surface area (Å²) in [5.74, 6) is 1.60. The third kappa shape index (κ3) is 5.96. The summed E-state index contributed by atoms with van der Waals surface area (Å²) in [5, 5.41) is 3.20. The van der Waals surface area contributed by atoms with Gasteiger partial charge in [-0.05, 0) is 72.9 Å². The van der Waals surface area contributed by atoms with Crippen LogP contribution in [0.1, 0.15) is 60.1 Å². The van der Waals surface area contributed by atoms with Crippen LogP contribution in [0, 0.1) is 11.8 Å². The molecule has 2 amide bonds. The first-order valence-electron chi connectivity index (χ1n) is 13.4. The highest BCUT2D eigenvalue weighted by atomic mass is 32.2. The van der Waals surface area contributed by atoms with Crippen LogP contribution in [0.3, 0.4) is 0 Å². The van der Waals surface area contributed by atoms with Gasteiger partial charge in [-0.2, -0.15) is 0 Å². The van der Waals surface area contributed by atoms with E-state index in [4.69, 9.17) is 9.47 Å². The number of benzene rings is 2. The van der Waals surface area contributed by atoms with Gasteiger partial charge in [0.1, 0.15) is 0 Å². The van der Waals surface area contributed by atoms with Crippen molar-refractivity contribution in [1.29, 1.82) is 0 Å². The minimum absolute atomic E-state index is 0.0860. The molecule has 1 saturated heterocycles. The van der Waals surface area contributed by atoms with Gasteiger partial charge in [-0.3, -0.25) is 9.59 Å². The number of likely N-dealkylation sites (N-methyl/N-ethyl adjacent to an activating group) is 1. The molecule has 2 aromatic rings. The first kappa shape index (κ1) is 28.3. The van der Waals surface area contributed by atoms with Crippen LogP contribution in [0.25, 0.3) is 0 Å². The minimum Gasteiger partial charge on any atom is -0.493 e. The molecule has 1 fully saturated rings. The molecule has 0 saturated carbocycles. The van der Waals surface area contributed by atoms with E-state index in [0.29, 0.717) is 41.0 Å². The highest BCUT2D eigenvalue weighted by molar-refractivity contribution is 7.98. The van der Waals surface area contributed by atoms with Crippen LogP contribution in [0.5, 0.6) is 11.5 Å². The van der Waals surface area contributed by atoms with Gasteiger partial charge in [0.05, 0.1) is 26.2 Å². The summed E-state index contributed by atoms with van der Waals surface area (Å²) < 4.78 is 11.0. The number of methoxy groups -OCH3 is 2. The van der Waals surface area contributed by atoms with Gasteiger partial charge in [0.2, 0.25) is 5.91 Å². The molecular formula is C30H41N3O4S. The van der Waals surface area contributed by atoms with Gasteiger partial charge in [0.15, 0.2) is 11.5 Å². The third-order valence-corrected chi connectivity index (χ3v) is 8.55. The van der Waals surface area contributed by atoms with Gasteiger partial charge in [-0.25, -0.2) is 0 Å². The quantitative estimate of drug-likeness (QED) is 0.364. The molecule has 7 nitrogen and oxygen atoms in total. The molecule has 206 valence electrons. The number of carbonyl (C=O) groups excluding carboxylic acids is 2. The lowest BCUT2D eigenvalue weighted by molar-refractivity contribution is -0.124. The Labute approximate surface area is 231 Å². The lowest BCUT2D eigenvalue weighted by Gasteiger charge is -2.40. The fraction of sp³-hybridized carbons (Fsp3) is 0.533. The van der Waals surface area contributed by atoms with E-state index in [0.717, 1.165) is 36.5 Å². The molecule has 38 heavy (non-hydrogen) atoms. The highest BCUT2D eigenvalue weighted by Gasteiger charge is 2.43. The zero-order chi connectivity index (χ0) is 27.4. The fourth-order valence-electron chi connectivity index (χ4n) is 6.15. The zero-order valence-corrected chi connectivity index (χ0v) is 24.3. The molecule has 1 N–H and O–H groups in total. The second-order valence-electron chi connectivity index (χ2n) is 10.8. The number of thioether (sulfide) groups is 1. The second kappa shape index (κ2) is 12.4. The Hall–Kier alpha value is -2.71. The lowest BCUT2D eigenvalue weighted by Crippen LogP contribution is -2.46. The number of fused-ring (bicyclic) bond motifs is 1. The van der Waals surface area contributed by atoms with Crippen LogP contribution in [0.15, 0.2) is 41.3 Å². The Morgan fingerprint density at radius 1 is 1.05 bits per heavy atom. The molecule has 0 aromatic heterocycles. The lowest BCUT2D eigenvalue weighted by atomic mass is 9.79. The van der Waals surface area contributed by atoms with E-state index in [1.807, 2.05) is 30.5 Å². The largest absolute Gasteiger partial charge is 0.493 e. The number of likely N-dealkylation sites (tertiary alicyclic amines) is 1. The number of amides is 2. The van der Waals surface area contributed by atoms with Crippen LogP contribution in [-0.2, 0) is 4.79 Å². The summed E-state index contributed by atoms with van der Waals surface area (Å²) in [7, 11) is 4.89. The Kier molecular flexibility index (Phi) is 9.26. The second-order valence-corrected chi connectivity index (χ2v) is 11.6. The molecule has 0 bridgehead atoms. The average molecular weight is 540 g/mol. The SMILES string of the molecule is COc1cc2c(cc1OC)[C@H](C(=O)NCCCN1C[C@H](C)C[C@@H](C)C1)[C@H](c1ccc(SC)cc1)N(C)C2=O. The molecule has 2 aromatic carbocycles. The summed E-state index contributed by atoms with van der Waals surface area (Å²) >= 11 is 1.66. The maximum atomic E-state index is 13.9. The van der Waals surface area contributed by atoms with Crippen molar-refractivity contribution in [3.8, 4) is 11.5 Å². The first-order chi connectivity index (χ1) is 18.3. The number of piperidine rings is 1. The number of hydrogen-bond acceptors (Lipinski definition) is 6. The molecule has 0 spiro atoms. The molecule has 2 heterocycles. The first-order valence-corrected chi connectivity index (χ1v) is 14.7. The van der Waals surface area contributed by atoms with Crippen molar-refractivity contribution < 1.29 is 19.1 Å². The van der Waals surface area contributed by atoms with Crippen molar-refractivity contribution in [2.75, 3.05) is 53.7 Å². The normalized spacial score (nSPS) is 23.6. The molecule has 8 heteroatoms. The molecule has 4 rings (SSSR count). The van der Waals surface area contributed by atoms with Gasteiger partial charge in [-0.1, -0.05) is 26.0 Å². The fourth-order valence-corrected chi connectivity index (χ4v) is 6.56. The number of ether oxygens (including phenoxy) is 2. The van der Waals surface area contributed by atoms with Crippen LogP contribution in [-0.4, -0.2) is 75.3 Å². The van der Waals surface area contributed by atoms with E-state index in [2.05, 4.69) is 24.1 Å². The number of nitrogens with zero attached hydrogens (tertiary/aromatic N) is 2. The van der Waals surface area contributed by atoms with Gasteiger partial charge in [0.25, 0.3) is 5.91 Å². The van der Waals surface area contributed by atoms with Crippen molar-refractivity contribution in [3.63, 3.8) is 0 Å². The molecule has 0 unspecified atom stereocenters. The van der Waals surface area contributed by atoms with Crippen molar-refractivity contribution in [3.05, 3.63) is 53.1 Å². The highest BCUT2D eigenvalue weighted by Crippen LogP contribution is 2.45. The van der Waals surface area contributed by atoms with Gasteiger partial charge < -0.3 is 24.6 Å². The Morgan fingerprint density at radius 2 is 1.68 bits per heavy atom. The minimum atomic E-state index is -0.581.